The van der Waals surface area contributed by atoms with Gasteiger partial charge in [0, 0.05) is 32.2 Å². The zero-order valence-electron chi connectivity index (χ0n) is 18.1. The molecule has 1 aromatic carbocycles. The van der Waals surface area contributed by atoms with Crippen LogP contribution in [0.3, 0.4) is 0 Å². The van der Waals surface area contributed by atoms with Crippen molar-refractivity contribution < 1.29 is 19.1 Å². The first kappa shape index (κ1) is 23.0. The Hall–Kier alpha value is -2.28. The van der Waals surface area contributed by atoms with Crippen LogP contribution in [0.25, 0.3) is 0 Å². The molecule has 1 saturated carbocycles. The third-order valence-corrected chi connectivity index (χ3v) is 4.84. The van der Waals surface area contributed by atoms with Crippen LogP contribution in [0.4, 0.5) is 9.59 Å². The fraction of sp³-hybridized carbons (Fsp3) is 0.636. The van der Waals surface area contributed by atoms with E-state index in [-0.39, 0.29) is 24.8 Å². The Bertz CT molecular complexity index is 645. The topological polar surface area (TPSA) is 79.9 Å². The van der Waals surface area contributed by atoms with E-state index >= 15 is 0 Å². The van der Waals surface area contributed by atoms with Gasteiger partial charge in [-0.05, 0) is 39.2 Å². The molecule has 2 N–H and O–H groups in total. The van der Waals surface area contributed by atoms with E-state index in [9.17, 15) is 9.59 Å². The van der Waals surface area contributed by atoms with Crippen LogP contribution in [0.1, 0.15) is 52.0 Å². The predicted octanol–water partition coefficient (Wildman–Crippen LogP) is 3.68. The summed E-state index contributed by atoms with van der Waals surface area (Å²) < 4.78 is 10.7. The molecular weight excluding hydrogens is 370 g/mol. The Morgan fingerprint density at radius 3 is 2.41 bits per heavy atom. The summed E-state index contributed by atoms with van der Waals surface area (Å²) in [5.74, 6) is 0. The molecule has 2 atom stereocenters. The number of hydrogen-bond acceptors (Lipinski definition) is 5. The highest BCUT2D eigenvalue weighted by molar-refractivity contribution is 5.68. The largest absolute Gasteiger partial charge is 0.445 e. The summed E-state index contributed by atoms with van der Waals surface area (Å²) in [5.41, 5.74) is 0.461. The van der Waals surface area contributed by atoms with Crippen molar-refractivity contribution in [3.63, 3.8) is 0 Å². The van der Waals surface area contributed by atoms with Crippen LogP contribution in [0.15, 0.2) is 30.3 Å². The first-order chi connectivity index (χ1) is 13.7. The van der Waals surface area contributed by atoms with Gasteiger partial charge in [0.2, 0.25) is 0 Å². The predicted molar refractivity (Wildman–Crippen MR) is 113 cm³/mol. The highest BCUT2D eigenvalue weighted by Crippen LogP contribution is 2.19. The summed E-state index contributed by atoms with van der Waals surface area (Å²) in [6.45, 7) is 7.00. The molecule has 7 nitrogen and oxygen atoms in total. The second kappa shape index (κ2) is 11.0. The maximum atomic E-state index is 12.2. The molecule has 0 bridgehead atoms. The van der Waals surface area contributed by atoms with E-state index in [1.54, 1.807) is 11.9 Å². The second-order valence-electron chi connectivity index (χ2n) is 8.56. The van der Waals surface area contributed by atoms with Gasteiger partial charge in [-0.25, -0.2) is 9.59 Å². The maximum absolute atomic E-state index is 12.2. The molecule has 29 heavy (non-hydrogen) atoms. The van der Waals surface area contributed by atoms with Crippen molar-refractivity contribution in [2.45, 2.75) is 70.7 Å². The van der Waals surface area contributed by atoms with E-state index in [1.165, 1.54) is 0 Å². The molecule has 1 aliphatic carbocycles. The van der Waals surface area contributed by atoms with E-state index in [2.05, 4.69) is 10.6 Å². The van der Waals surface area contributed by atoms with Crippen molar-refractivity contribution in [3.05, 3.63) is 35.9 Å². The molecule has 0 saturated heterocycles. The number of ether oxygens (including phenoxy) is 2. The molecule has 1 aliphatic rings. The van der Waals surface area contributed by atoms with Gasteiger partial charge in [0.15, 0.2) is 0 Å². The van der Waals surface area contributed by atoms with Crippen LogP contribution < -0.4 is 10.6 Å². The SMILES string of the molecule is CN(CCN[C@@H]1CCCC[C@H]1NC(=O)OCc1ccccc1)C(=O)OC(C)(C)C. The van der Waals surface area contributed by atoms with Crippen LogP contribution in [0.2, 0.25) is 0 Å². The van der Waals surface area contributed by atoms with Crippen molar-refractivity contribution in [2.24, 2.45) is 0 Å². The van der Waals surface area contributed by atoms with E-state index in [0.29, 0.717) is 13.1 Å². The quantitative estimate of drug-likeness (QED) is 0.723. The first-order valence-corrected chi connectivity index (χ1v) is 10.4. The lowest BCUT2D eigenvalue weighted by atomic mass is 9.90. The van der Waals surface area contributed by atoms with Crippen molar-refractivity contribution >= 4 is 12.2 Å². The van der Waals surface area contributed by atoms with Gasteiger partial charge in [0.05, 0.1) is 0 Å². The van der Waals surface area contributed by atoms with Crippen molar-refractivity contribution in [1.29, 1.82) is 0 Å². The summed E-state index contributed by atoms with van der Waals surface area (Å²) in [6, 6.07) is 9.83. The van der Waals surface area contributed by atoms with Crippen LogP contribution in [0, 0.1) is 0 Å². The Balaban J connectivity index is 1.74. The molecule has 0 heterocycles. The maximum Gasteiger partial charge on any atom is 0.410 e. The lowest BCUT2D eigenvalue weighted by molar-refractivity contribution is 0.0298. The average molecular weight is 406 g/mol. The lowest BCUT2D eigenvalue weighted by Crippen LogP contribution is -2.53. The number of alkyl carbamates (subject to hydrolysis) is 1. The minimum Gasteiger partial charge on any atom is -0.445 e. The number of amides is 2. The molecule has 7 heteroatoms. The third kappa shape index (κ3) is 8.73. The molecule has 2 amide bonds. The van der Waals surface area contributed by atoms with Gasteiger partial charge in [-0.15, -0.1) is 0 Å². The standard InChI is InChI=1S/C22H35N3O4/c1-22(2,3)29-21(27)25(4)15-14-23-18-12-8-9-13-19(18)24-20(26)28-16-17-10-6-5-7-11-17/h5-7,10-11,18-19,23H,8-9,12-16H2,1-4H3,(H,24,26)/t18-,19-/m1/s1. The van der Waals surface area contributed by atoms with Gasteiger partial charge in [-0.3, -0.25) is 0 Å². The first-order valence-electron chi connectivity index (χ1n) is 10.4. The molecule has 0 aromatic heterocycles. The molecular formula is C22H35N3O4. The van der Waals surface area contributed by atoms with E-state index in [4.69, 9.17) is 9.47 Å². The number of nitrogens with one attached hydrogen (secondary N) is 2. The zero-order chi connectivity index (χ0) is 21.3. The second-order valence-corrected chi connectivity index (χ2v) is 8.56. The number of carbonyl (C=O) groups is 2. The van der Waals surface area contributed by atoms with Crippen molar-refractivity contribution in [3.8, 4) is 0 Å². The van der Waals surface area contributed by atoms with Crippen molar-refractivity contribution in [2.75, 3.05) is 20.1 Å². The number of benzene rings is 1. The minimum atomic E-state index is -0.503. The minimum absolute atomic E-state index is 0.0267. The fourth-order valence-electron chi connectivity index (χ4n) is 3.31. The molecule has 1 fully saturated rings. The number of carbonyl (C=O) groups excluding carboxylic acids is 2. The zero-order valence-corrected chi connectivity index (χ0v) is 18.1. The van der Waals surface area contributed by atoms with Gasteiger partial charge < -0.3 is 25.0 Å². The summed E-state index contributed by atoms with van der Waals surface area (Å²) in [5, 5.41) is 6.48. The molecule has 0 spiro atoms. The van der Waals surface area contributed by atoms with Crippen LogP contribution in [0.5, 0.6) is 0 Å². The summed E-state index contributed by atoms with van der Waals surface area (Å²) in [6.07, 6.45) is 3.39. The molecule has 162 valence electrons. The van der Waals surface area contributed by atoms with Gasteiger partial charge in [-0.1, -0.05) is 43.2 Å². The summed E-state index contributed by atoms with van der Waals surface area (Å²) in [7, 11) is 1.73. The Morgan fingerprint density at radius 2 is 1.76 bits per heavy atom. The van der Waals surface area contributed by atoms with Gasteiger partial charge >= 0.3 is 12.2 Å². The van der Waals surface area contributed by atoms with E-state index < -0.39 is 11.7 Å². The number of likely N-dealkylation sites (N-methyl/N-ethyl adjacent to an activating group) is 1. The van der Waals surface area contributed by atoms with Gasteiger partial charge in [0.25, 0.3) is 0 Å². The number of rotatable bonds is 7. The average Bonchev–Trinajstić information content (AvgIpc) is 2.67. The fourth-order valence-corrected chi connectivity index (χ4v) is 3.31. The van der Waals surface area contributed by atoms with Crippen LogP contribution in [-0.2, 0) is 16.1 Å². The highest BCUT2D eigenvalue weighted by atomic mass is 16.6. The monoisotopic (exact) mass is 405 g/mol. The number of hydrogen-bond donors (Lipinski definition) is 2. The lowest BCUT2D eigenvalue weighted by Gasteiger charge is -2.33. The van der Waals surface area contributed by atoms with E-state index in [0.717, 1.165) is 31.2 Å². The molecule has 0 aliphatic heterocycles. The normalized spacial score (nSPS) is 19.3. The Morgan fingerprint density at radius 1 is 1.10 bits per heavy atom. The highest BCUT2D eigenvalue weighted by Gasteiger charge is 2.27. The molecule has 1 aromatic rings. The smallest absolute Gasteiger partial charge is 0.410 e. The van der Waals surface area contributed by atoms with Gasteiger partial charge in [0.1, 0.15) is 12.2 Å². The van der Waals surface area contributed by atoms with Crippen LogP contribution in [-0.4, -0.2) is 54.9 Å². The molecule has 0 radical (unpaired) electrons. The molecule has 2 rings (SSSR count). The van der Waals surface area contributed by atoms with Gasteiger partial charge in [-0.2, -0.15) is 0 Å². The Kier molecular flexibility index (Phi) is 8.76. The van der Waals surface area contributed by atoms with E-state index in [1.807, 2.05) is 51.1 Å². The Labute approximate surface area is 174 Å². The summed E-state index contributed by atoms with van der Waals surface area (Å²) in [4.78, 5) is 25.8. The van der Waals surface area contributed by atoms with Crippen molar-refractivity contribution in [1.82, 2.24) is 15.5 Å². The number of nitrogens with zero attached hydrogens (tertiary/aromatic N) is 1. The molecule has 0 unspecified atom stereocenters. The van der Waals surface area contributed by atoms with Crippen LogP contribution >= 0.6 is 0 Å². The summed E-state index contributed by atoms with van der Waals surface area (Å²) >= 11 is 0. The third-order valence-electron chi connectivity index (χ3n) is 4.84.